The zero-order valence-corrected chi connectivity index (χ0v) is 22.3. The molecule has 0 aliphatic carbocycles. The lowest BCUT2D eigenvalue weighted by molar-refractivity contribution is 0.0729. The van der Waals surface area contributed by atoms with Crippen molar-refractivity contribution in [1.29, 1.82) is 0 Å². The number of pyridine rings is 1. The van der Waals surface area contributed by atoms with Gasteiger partial charge in [0.25, 0.3) is 5.91 Å². The Balaban J connectivity index is 1.45. The van der Waals surface area contributed by atoms with Crippen LogP contribution in [0.1, 0.15) is 58.5 Å². The minimum atomic E-state index is -0.850. The maximum absolute atomic E-state index is 13.7. The van der Waals surface area contributed by atoms with Crippen LogP contribution in [-0.4, -0.2) is 51.6 Å². The van der Waals surface area contributed by atoms with E-state index >= 15 is 0 Å². The second-order valence-electron chi connectivity index (χ2n) is 9.97. The molecule has 1 aliphatic heterocycles. The Hall–Kier alpha value is -3.63. The number of benzene rings is 1. The molecule has 192 valence electrons. The van der Waals surface area contributed by atoms with Gasteiger partial charge in [0.2, 0.25) is 11.8 Å². The molecule has 0 unspecified atom stereocenters. The van der Waals surface area contributed by atoms with E-state index in [1.54, 1.807) is 17.4 Å². The van der Waals surface area contributed by atoms with Crippen molar-refractivity contribution < 1.29 is 9.21 Å². The normalized spacial score (nSPS) is 17.1. The molecular formula is C27H31N7O2S. The van der Waals surface area contributed by atoms with Crippen molar-refractivity contribution in [3.05, 3.63) is 75.7 Å². The second kappa shape index (κ2) is 10.0. The first kappa shape index (κ1) is 25.0. The Kier molecular flexibility index (Phi) is 6.78. The van der Waals surface area contributed by atoms with Gasteiger partial charge in [0.05, 0.1) is 11.6 Å². The molecule has 0 saturated carbocycles. The Morgan fingerprint density at radius 2 is 2.00 bits per heavy atom. The zero-order valence-electron chi connectivity index (χ0n) is 21.5. The van der Waals surface area contributed by atoms with Crippen LogP contribution >= 0.6 is 11.3 Å². The molecule has 2 N–H and O–H groups in total. The van der Waals surface area contributed by atoms with Gasteiger partial charge in [-0.1, -0.05) is 30.3 Å². The number of carbonyl (C=O) groups excluding carboxylic acids is 1. The van der Waals surface area contributed by atoms with Gasteiger partial charge >= 0.3 is 0 Å². The first-order valence-corrected chi connectivity index (χ1v) is 13.2. The molecule has 0 spiro atoms. The number of hydrogen-bond donors (Lipinski definition) is 1. The molecule has 0 radical (unpaired) electrons. The molecule has 5 rings (SSSR count). The Labute approximate surface area is 220 Å². The van der Waals surface area contributed by atoms with Gasteiger partial charge in [-0.15, -0.1) is 21.5 Å². The van der Waals surface area contributed by atoms with Crippen LogP contribution in [0.15, 0.2) is 52.3 Å². The zero-order chi connectivity index (χ0) is 26.2. The number of aromatic nitrogens is 4. The molecular weight excluding hydrogens is 486 g/mol. The summed E-state index contributed by atoms with van der Waals surface area (Å²) in [6.45, 7) is 4.51. The van der Waals surface area contributed by atoms with Crippen LogP contribution in [0.25, 0.3) is 11.5 Å². The van der Waals surface area contributed by atoms with Crippen molar-refractivity contribution in [3.63, 3.8) is 0 Å². The highest BCUT2D eigenvalue weighted by atomic mass is 32.1. The third-order valence-electron chi connectivity index (χ3n) is 6.50. The summed E-state index contributed by atoms with van der Waals surface area (Å²) < 4.78 is 6.07. The van der Waals surface area contributed by atoms with Gasteiger partial charge in [-0.05, 0) is 50.8 Å². The van der Waals surface area contributed by atoms with Gasteiger partial charge in [-0.3, -0.25) is 4.79 Å². The van der Waals surface area contributed by atoms with Crippen LogP contribution in [0.4, 0.5) is 5.82 Å². The number of aryl methyl sites for hydroxylation is 1. The molecule has 37 heavy (non-hydrogen) atoms. The summed E-state index contributed by atoms with van der Waals surface area (Å²) in [4.78, 5) is 26.7. The molecule has 1 aromatic carbocycles. The predicted molar refractivity (Wildman–Crippen MR) is 143 cm³/mol. The fourth-order valence-electron chi connectivity index (χ4n) is 4.58. The number of carbonyl (C=O) groups is 1. The van der Waals surface area contributed by atoms with E-state index in [1.165, 1.54) is 0 Å². The maximum Gasteiger partial charge on any atom is 0.273 e. The van der Waals surface area contributed by atoms with Crippen LogP contribution in [-0.2, 0) is 12.0 Å². The van der Waals surface area contributed by atoms with E-state index in [9.17, 15) is 4.79 Å². The Morgan fingerprint density at radius 3 is 2.70 bits per heavy atom. The average molecular weight is 518 g/mol. The Bertz CT molecular complexity index is 1400. The standard InChI is InChI=1S/C27H31N7O2S/c1-17-16-37-24(29-17)21-11-8-12-34(21)25(35)20-13-19(14-22(30-20)33(3)4)23-31-32-26(36-23)27(2,28)15-18-9-6-5-7-10-18/h5-7,9-10,13-14,16,21H,8,11-12,15,28H2,1-4H3/t21-,27+/m1/s1. The molecule has 0 bridgehead atoms. The first-order valence-electron chi connectivity index (χ1n) is 12.3. The molecule has 4 aromatic rings. The number of anilines is 1. The number of thiazole rings is 1. The molecule has 1 amide bonds. The van der Waals surface area contributed by atoms with E-state index in [2.05, 4.69) is 20.2 Å². The van der Waals surface area contributed by atoms with Gasteiger partial charge in [-0.2, -0.15) is 0 Å². The van der Waals surface area contributed by atoms with Crippen molar-refractivity contribution in [2.24, 2.45) is 5.73 Å². The van der Waals surface area contributed by atoms with Crippen molar-refractivity contribution in [2.75, 3.05) is 25.5 Å². The van der Waals surface area contributed by atoms with E-state index in [0.717, 1.165) is 29.1 Å². The summed E-state index contributed by atoms with van der Waals surface area (Å²) in [6, 6.07) is 13.5. The van der Waals surface area contributed by atoms with Crippen LogP contribution in [0.2, 0.25) is 0 Å². The topological polar surface area (TPSA) is 114 Å². The van der Waals surface area contributed by atoms with Crippen LogP contribution < -0.4 is 10.6 Å². The summed E-state index contributed by atoms with van der Waals surface area (Å²) in [7, 11) is 3.76. The highest BCUT2D eigenvalue weighted by Gasteiger charge is 2.34. The molecule has 1 saturated heterocycles. The van der Waals surface area contributed by atoms with Crippen LogP contribution in [0, 0.1) is 6.92 Å². The van der Waals surface area contributed by atoms with E-state index in [0.29, 0.717) is 41.8 Å². The molecule has 2 atom stereocenters. The molecule has 10 heteroatoms. The quantitative estimate of drug-likeness (QED) is 0.385. The Morgan fingerprint density at radius 1 is 1.22 bits per heavy atom. The summed E-state index contributed by atoms with van der Waals surface area (Å²) in [5.74, 6) is 1.13. The lowest BCUT2D eigenvalue weighted by Crippen LogP contribution is -2.35. The summed E-state index contributed by atoms with van der Waals surface area (Å²) in [5, 5.41) is 11.5. The number of nitrogens with zero attached hydrogens (tertiary/aromatic N) is 6. The minimum Gasteiger partial charge on any atom is -0.419 e. The molecule has 4 heterocycles. The maximum atomic E-state index is 13.7. The second-order valence-corrected chi connectivity index (χ2v) is 10.9. The van der Waals surface area contributed by atoms with Crippen LogP contribution in [0.3, 0.4) is 0 Å². The highest BCUT2D eigenvalue weighted by molar-refractivity contribution is 7.09. The van der Waals surface area contributed by atoms with Gasteiger partial charge in [-0.25, -0.2) is 9.97 Å². The van der Waals surface area contributed by atoms with Crippen molar-refractivity contribution in [2.45, 2.75) is 44.7 Å². The first-order chi connectivity index (χ1) is 17.7. The summed E-state index contributed by atoms with van der Waals surface area (Å²) in [6.07, 6.45) is 2.37. The van der Waals surface area contributed by atoms with E-state index in [4.69, 9.17) is 10.2 Å². The van der Waals surface area contributed by atoms with E-state index in [1.807, 2.05) is 79.5 Å². The molecule has 1 fully saturated rings. The number of rotatable bonds is 7. The highest BCUT2D eigenvalue weighted by Crippen LogP contribution is 2.35. The number of amides is 1. The lowest BCUT2D eigenvalue weighted by atomic mass is 9.94. The molecule has 3 aromatic heterocycles. The summed E-state index contributed by atoms with van der Waals surface area (Å²) >= 11 is 1.60. The third kappa shape index (κ3) is 5.26. The fraction of sp³-hybridized carbons (Fsp3) is 0.370. The van der Waals surface area contributed by atoms with Gasteiger partial charge in [0, 0.05) is 37.3 Å². The number of likely N-dealkylation sites (tertiary alicyclic amines) is 1. The third-order valence-corrected chi connectivity index (χ3v) is 7.56. The fourth-order valence-corrected chi connectivity index (χ4v) is 5.53. The van der Waals surface area contributed by atoms with Gasteiger partial charge < -0.3 is 20.0 Å². The van der Waals surface area contributed by atoms with Crippen molar-refractivity contribution in [3.8, 4) is 11.5 Å². The van der Waals surface area contributed by atoms with Crippen molar-refractivity contribution >= 4 is 23.1 Å². The largest absolute Gasteiger partial charge is 0.419 e. The minimum absolute atomic E-state index is 0.0367. The average Bonchev–Trinajstić information content (AvgIpc) is 3.64. The lowest BCUT2D eigenvalue weighted by Gasteiger charge is -2.23. The molecule has 9 nitrogen and oxygen atoms in total. The van der Waals surface area contributed by atoms with E-state index in [-0.39, 0.29) is 11.9 Å². The number of hydrogen-bond acceptors (Lipinski definition) is 9. The molecule has 1 aliphatic rings. The van der Waals surface area contributed by atoms with Gasteiger partial charge in [0.1, 0.15) is 16.5 Å². The van der Waals surface area contributed by atoms with E-state index < -0.39 is 5.54 Å². The van der Waals surface area contributed by atoms with Crippen LogP contribution in [0.5, 0.6) is 0 Å². The van der Waals surface area contributed by atoms with Crippen molar-refractivity contribution in [1.82, 2.24) is 25.1 Å². The SMILES string of the molecule is Cc1csc([C@H]2CCCN2C(=O)c2cc(-c3nnc([C@@](C)(N)Cc4ccccc4)o3)cc(N(C)C)n2)n1. The summed E-state index contributed by atoms with van der Waals surface area (Å²) in [5.41, 5.74) is 8.75. The monoisotopic (exact) mass is 517 g/mol. The predicted octanol–water partition coefficient (Wildman–Crippen LogP) is 4.36. The number of nitrogens with two attached hydrogens (primary N) is 1. The van der Waals surface area contributed by atoms with Gasteiger partial charge in [0.15, 0.2) is 0 Å². The smallest absolute Gasteiger partial charge is 0.273 e.